The van der Waals surface area contributed by atoms with Crippen molar-refractivity contribution in [3.63, 3.8) is 0 Å². The molecule has 0 aliphatic carbocycles. The number of aromatic nitrogens is 1. The molecule has 1 N–H and O–H groups in total. The second kappa shape index (κ2) is 9.35. The highest BCUT2D eigenvalue weighted by molar-refractivity contribution is 5.94. The van der Waals surface area contributed by atoms with Crippen molar-refractivity contribution in [2.24, 2.45) is 5.10 Å². The topological polar surface area (TPSA) is 63.6 Å². The minimum absolute atomic E-state index is 0.268. The molecule has 120 valence electrons. The molecule has 1 amide bonds. The van der Waals surface area contributed by atoms with E-state index in [9.17, 15) is 4.79 Å². The molecule has 0 radical (unpaired) electrons. The molecule has 0 spiro atoms. The van der Waals surface area contributed by atoms with Gasteiger partial charge < -0.3 is 4.74 Å². The summed E-state index contributed by atoms with van der Waals surface area (Å²) in [6.45, 7) is 2.88. The van der Waals surface area contributed by atoms with Gasteiger partial charge in [0.1, 0.15) is 5.75 Å². The Labute approximate surface area is 136 Å². The molecule has 0 fully saturated rings. The average Bonchev–Trinajstić information content (AvgIpc) is 2.60. The first-order valence-corrected chi connectivity index (χ1v) is 7.76. The first-order valence-electron chi connectivity index (χ1n) is 7.76. The van der Waals surface area contributed by atoms with Crippen LogP contribution in [0.5, 0.6) is 5.75 Å². The number of hydrogen-bond acceptors (Lipinski definition) is 4. The van der Waals surface area contributed by atoms with Gasteiger partial charge in [-0.15, -0.1) is 0 Å². The monoisotopic (exact) mass is 311 g/mol. The van der Waals surface area contributed by atoms with E-state index < -0.39 is 0 Å². The Morgan fingerprint density at radius 2 is 2.09 bits per heavy atom. The van der Waals surface area contributed by atoms with Gasteiger partial charge in [-0.05, 0) is 36.2 Å². The Kier molecular flexibility index (Phi) is 6.78. The third-order valence-corrected chi connectivity index (χ3v) is 3.20. The van der Waals surface area contributed by atoms with Crippen LogP contribution in [0.3, 0.4) is 0 Å². The van der Waals surface area contributed by atoms with Crippen molar-refractivity contribution in [3.05, 3.63) is 59.9 Å². The number of amides is 1. The number of hydrogen-bond donors (Lipinski definition) is 1. The second-order valence-electron chi connectivity index (χ2n) is 5.06. The van der Waals surface area contributed by atoms with E-state index in [0.717, 1.165) is 17.7 Å². The Morgan fingerprint density at radius 1 is 1.26 bits per heavy atom. The highest BCUT2D eigenvalue weighted by Crippen LogP contribution is 2.12. The zero-order chi connectivity index (χ0) is 16.3. The number of carbonyl (C=O) groups is 1. The SMILES string of the molecule is CCCCCOc1cccc(C=NNC(=O)c2ccncc2)c1. The molecule has 0 aliphatic rings. The molecule has 0 bridgehead atoms. The molecule has 0 unspecified atom stereocenters. The van der Waals surface area contributed by atoms with E-state index in [1.807, 2.05) is 24.3 Å². The standard InChI is InChI=1S/C18H21N3O2/c1-2-3-4-12-23-17-7-5-6-15(13-17)14-20-21-18(22)16-8-10-19-11-9-16/h5-11,13-14H,2-4,12H2,1H3,(H,21,22). The zero-order valence-corrected chi connectivity index (χ0v) is 13.2. The highest BCUT2D eigenvalue weighted by atomic mass is 16.5. The number of ether oxygens (including phenoxy) is 1. The van der Waals surface area contributed by atoms with Crippen molar-refractivity contribution in [1.82, 2.24) is 10.4 Å². The smallest absolute Gasteiger partial charge is 0.271 e. The largest absolute Gasteiger partial charge is 0.494 e. The van der Waals surface area contributed by atoms with Crippen LogP contribution in [0.2, 0.25) is 0 Å². The van der Waals surface area contributed by atoms with Crippen LogP contribution >= 0.6 is 0 Å². The van der Waals surface area contributed by atoms with Gasteiger partial charge in [0.15, 0.2) is 0 Å². The Balaban J connectivity index is 1.86. The lowest BCUT2D eigenvalue weighted by molar-refractivity contribution is 0.0955. The number of unbranched alkanes of at least 4 members (excludes halogenated alkanes) is 2. The minimum atomic E-state index is -0.268. The number of benzene rings is 1. The summed E-state index contributed by atoms with van der Waals surface area (Å²) in [5.41, 5.74) is 3.88. The van der Waals surface area contributed by atoms with E-state index in [1.165, 1.54) is 12.8 Å². The van der Waals surface area contributed by atoms with E-state index in [-0.39, 0.29) is 5.91 Å². The third kappa shape index (κ3) is 5.90. The molecule has 1 aromatic heterocycles. The molecule has 0 aliphatic heterocycles. The molecular formula is C18H21N3O2. The summed E-state index contributed by atoms with van der Waals surface area (Å²) in [5.74, 6) is 0.543. The number of pyridine rings is 1. The van der Waals surface area contributed by atoms with Gasteiger partial charge in [-0.2, -0.15) is 5.10 Å². The van der Waals surface area contributed by atoms with Crippen LogP contribution in [-0.2, 0) is 0 Å². The summed E-state index contributed by atoms with van der Waals surface area (Å²) < 4.78 is 5.69. The van der Waals surface area contributed by atoms with Crippen molar-refractivity contribution in [3.8, 4) is 5.75 Å². The lowest BCUT2D eigenvalue weighted by Crippen LogP contribution is -2.17. The van der Waals surface area contributed by atoms with E-state index >= 15 is 0 Å². The van der Waals surface area contributed by atoms with Gasteiger partial charge in [0.25, 0.3) is 5.91 Å². The van der Waals surface area contributed by atoms with Crippen LogP contribution in [0.1, 0.15) is 42.1 Å². The first kappa shape index (κ1) is 16.7. The summed E-state index contributed by atoms with van der Waals surface area (Å²) in [7, 11) is 0. The molecule has 23 heavy (non-hydrogen) atoms. The number of hydrazone groups is 1. The summed E-state index contributed by atoms with van der Waals surface area (Å²) in [6, 6.07) is 10.9. The van der Waals surface area contributed by atoms with E-state index in [4.69, 9.17) is 4.74 Å². The molecule has 2 aromatic rings. The van der Waals surface area contributed by atoms with Gasteiger partial charge in [-0.3, -0.25) is 9.78 Å². The van der Waals surface area contributed by atoms with E-state index in [2.05, 4.69) is 22.4 Å². The molecule has 1 heterocycles. The molecule has 0 atom stereocenters. The maximum atomic E-state index is 11.8. The number of carbonyl (C=O) groups excluding carboxylic acids is 1. The summed E-state index contributed by atoms with van der Waals surface area (Å²) in [5, 5.41) is 3.97. The number of nitrogens with one attached hydrogen (secondary N) is 1. The van der Waals surface area contributed by atoms with Gasteiger partial charge in [0.2, 0.25) is 0 Å². The summed E-state index contributed by atoms with van der Waals surface area (Å²) in [6.07, 6.45) is 8.13. The molecule has 0 saturated heterocycles. The third-order valence-electron chi connectivity index (χ3n) is 3.20. The number of nitrogens with zero attached hydrogens (tertiary/aromatic N) is 2. The average molecular weight is 311 g/mol. The lowest BCUT2D eigenvalue weighted by Gasteiger charge is -2.06. The van der Waals surface area contributed by atoms with Crippen molar-refractivity contribution in [1.29, 1.82) is 0 Å². The Bertz CT molecular complexity index is 642. The fourth-order valence-corrected chi connectivity index (χ4v) is 1.96. The summed E-state index contributed by atoms with van der Waals surface area (Å²) >= 11 is 0. The van der Waals surface area contributed by atoms with Gasteiger partial charge in [-0.25, -0.2) is 5.43 Å². The quantitative estimate of drug-likeness (QED) is 0.461. The second-order valence-corrected chi connectivity index (χ2v) is 5.06. The van der Waals surface area contributed by atoms with Crippen LogP contribution in [0, 0.1) is 0 Å². The maximum Gasteiger partial charge on any atom is 0.271 e. The Hall–Kier alpha value is -2.69. The van der Waals surface area contributed by atoms with Gasteiger partial charge >= 0.3 is 0 Å². The number of rotatable bonds is 8. The lowest BCUT2D eigenvalue weighted by atomic mass is 10.2. The fraction of sp³-hybridized carbons (Fsp3) is 0.278. The molecule has 1 aromatic carbocycles. The normalized spacial score (nSPS) is 10.7. The Morgan fingerprint density at radius 3 is 2.87 bits per heavy atom. The predicted octanol–water partition coefficient (Wildman–Crippen LogP) is 3.41. The van der Waals surface area contributed by atoms with Gasteiger partial charge in [-0.1, -0.05) is 31.9 Å². The van der Waals surface area contributed by atoms with Gasteiger partial charge in [0.05, 0.1) is 12.8 Å². The predicted molar refractivity (Wildman–Crippen MR) is 90.8 cm³/mol. The molecule has 0 saturated carbocycles. The van der Waals surface area contributed by atoms with E-state index in [1.54, 1.807) is 30.7 Å². The van der Waals surface area contributed by atoms with Crippen LogP contribution < -0.4 is 10.2 Å². The maximum absolute atomic E-state index is 11.8. The van der Waals surface area contributed by atoms with Crippen molar-refractivity contribution >= 4 is 12.1 Å². The van der Waals surface area contributed by atoms with E-state index in [0.29, 0.717) is 12.2 Å². The minimum Gasteiger partial charge on any atom is -0.494 e. The van der Waals surface area contributed by atoms with Crippen molar-refractivity contribution in [2.75, 3.05) is 6.61 Å². The molecular weight excluding hydrogens is 290 g/mol. The first-order chi connectivity index (χ1) is 11.3. The van der Waals surface area contributed by atoms with Crippen LogP contribution in [0.4, 0.5) is 0 Å². The van der Waals surface area contributed by atoms with Crippen LogP contribution in [-0.4, -0.2) is 23.7 Å². The van der Waals surface area contributed by atoms with Crippen LogP contribution in [0.15, 0.2) is 53.9 Å². The molecule has 2 rings (SSSR count). The summed E-state index contributed by atoms with van der Waals surface area (Å²) in [4.78, 5) is 15.7. The fourth-order valence-electron chi connectivity index (χ4n) is 1.96. The molecule has 5 heteroatoms. The van der Waals surface area contributed by atoms with Crippen LogP contribution in [0.25, 0.3) is 0 Å². The zero-order valence-electron chi connectivity index (χ0n) is 13.2. The highest BCUT2D eigenvalue weighted by Gasteiger charge is 2.02. The molecule has 5 nitrogen and oxygen atoms in total. The van der Waals surface area contributed by atoms with Crippen molar-refractivity contribution < 1.29 is 9.53 Å². The van der Waals surface area contributed by atoms with Gasteiger partial charge in [0, 0.05) is 18.0 Å². The van der Waals surface area contributed by atoms with Crippen molar-refractivity contribution in [2.45, 2.75) is 26.2 Å².